The lowest BCUT2D eigenvalue weighted by atomic mass is 10.4. The topological polar surface area (TPSA) is 89.9 Å². The van der Waals surface area contributed by atoms with Crippen molar-refractivity contribution in [1.82, 2.24) is 0 Å². The van der Waals surface area contributed by atoms with Gasteiger partial charge in [0.05, 0.1) is 13.2 Å². The molecule has 0 amide bonds. The fraction of sp³-hybridized carbons (Fsp3) is 0.769. The molecular weight excluding hydrogens is 696 g/mol. The van der Waals surface area contributed by atoms with Gasteiger partial charge in [0.2, 0.25) is 10.2 Å². The number of carbonyl (C=O) groups is 2. The van der Waals surface area contributed by atoms with Crippen molar-refractivity contribution in [3.8, 4) is 0 Å². The summed E-state index contributed by atoms with van der Waals surface area (Å²) in [5.41, 5.74) is 1.23. The second kappa shape index (κ2) is 22.3. The standard InChI is InChI=1S/C26H43O6PS8/c1-19(2)25(27)40-17-23-15-36-21(13-38-23)11-34-9-5-7-31-33(29,30)32-8-6-10-35-12-22-14-39-24(16-37-22)18-41-26(28)20(3)4/h21-24H,1,3,5-18H2,2,4H3,(H,29,30). The predicted molar refractivity (Wildman–Crippen MR) is 195 cm³/mol. The zero-order chi connectivity index (χ0) is 30.1. The van der Waals surface area contributed by atoms with Crippen molar-refractivity contribution in [2.45, 2.75) is 47.7 Å². The molecule has 0 saturated carbocycles. The molecule has 2 aliphatic rings. The molecule has 15 heteroatoms. The number of phosphoric ester groups is 1. The molecule has 1 N–H and O–H groups in total. The first-order chi connectivity index (χ1) is 19.6. The predicted octanol–water partition coefficient (Wildman–Crippen LogP) is 7.47. The van der Waals surface area contributed by atoms with E-state index in [0.29, 0.717) is 45.0 Å². The Morgan fingerprint density at radius 1 is 0.732 bits per heavy atom. The fourth-order valence-electron chi connectivity index (χ4n) is 3.28. The van der Waals surface area contributed by atoms with E-state index in [9.17, 15) is 19.0 Å². The molecule has 0 aromatic carbocycles. The summed E-state index contributed by atoms with van der Waals surface area (Å²) in [6.07, 6.45) is 1.42. The van der Waals surface area contributed by atoms with Crippen molar-refractivity contribution in [1.29, 1.82) is 0 Å². The summed E-state index contributed by atoms with van der Waals surface area (Å²) in [6.45, 7) is 11.4. The van der Waals surface area contributed by atoms with Gasteiger partial charge in [-0.15, -0.1) is 0 Å². The minimum absolute atomic E-state index is 0.0941. The monoisotopic (exact) mass is 738 g/mol. The third-order valence-corrected chi connectivity index (χ3v) is 18.6. The third kappa shape index (κ3) is 18.5. The average molecular weight is 739 g/mol. The maximum atomic E-state index is 12.1. The fourth-order valence-corrected chi connectivity index (χ4v) is 15.2. The third-order valence-electron chi connectivity index (χ3n) is 5.55. The van der Waals surface area contributed by atoms with Crippen LogP contribution in [0.25, 0.3) is 0 Å². The first kappa shape index (κ1) is 38.9. The van der Waals surface area contributed by atoms with E-state index in [-0.39, 0.29) is 23.4 Å². The molecule has 2 heterocycles. The van der Waals surface area contributed by atoms with Gasteiger partial charge >= 0.3 is 7.82 Å². The largest absolute Gasteiger partial charge is 0.472 e. The zero-order valence-electron chi connectivity index (χ0n) is 23.8. The van der Waals surface area contributed by atoms with E-state index in [0.717, 1.165) is 57.5 Å². The van der Waals surface area contributed by atoms with Crippen molar-refractivity contribution >= 4 is 112 Å². The van der Waals surface area contributed by atoms with E-state index in [4.69, 9.17) is 9.05 Å². The van der Waals surface area contributed by atoms with Gasteiger partial charge in [0.15, 0.2) is 0 Å². The van der Waals surface area contributed by atoms with E-state index >= 15 is 0 Å². The van der Waals surface area contributed by atoms with E-state index in [1.165, 1.54) is 23.5 Å². The van der Waals surface area contributed by atoms with Crippen LogP contribution < -0.4 is 0 Å². The van der Waals surface area contributed by atoms with E-state index in [2.05, 4.69) is 13.2 Å². The Hall–Kier alpha value is 1.73. The number of carbonyl (C=O) groups excluding carboxylic acids is 2. The summed E-state index contributed by atoms with van der Waals surface area (Å²) in [4.78, 5) is 33.3. The molecule has 4 unspecified atom stereocenters. The highest BCUT2D eigenvalue weighted by Crippen LogP contribution is 2.43. The smallest absolute Gasteiger partial charge is 0.302 e. The van der Waals surface area contributed by atoms with E-state index in [1.807, 2.05) is 70.6 Å². The second-order valence-electron chi connectivity index (χ2n) is 9.57. The van der Waals surface area contributed by atoms with Crippen LogP contribution in [0.5, 0.6) is 0 Å². The van der Waals surface area contributed by atoms with Gasteiger partial charge in [-0.25, -0.2) is 4.57 Å². The van der Waals surface area contributed by atoms with Crippen LogP contribution in [0.1, 0.15) is 26.7 Å². The normalized spacial score (nSPS) is 24.5. The van der Waals surface area contributed by atoms with Crippen LogP contribution in [0.4, 0.5) is 0 Å². The molecule has 6 nitrogen and oxygen atoms in total. The van der Waals surface area contributed by atoms with Crippen LogP contribution >= 0.6 is 102 Å². The van der Waals surface area contributed by atoms with Gasteiger partial charge in [0.1, 0.15) is 0 Å². The molecule has 2 saturated heterocycles. The average Bonchev–Trinajstić information content (AvgIpc) is 2.95. The first-order valence-corrected chi connectivity index (χ1v) is 23.4. The molecule has 0 spiro atoms. The van der Waals surface area contributed by atoms with Gasteiger partial charge in [0, 0.05) is 67.0 Å². The Labute approximate surface area is 280 Å². The minimum Gasteiger partial charge on any atom is -0.302 e. The number of hydrogen-bond acceptors (Lipinski definition) is 13. The Morgan fingerprint density at radius 2 is 1.07 bits per heavy atom. The van der Waals surface area contributed by atoms with Crippen molar-refractivity contribution in [2.24, 2.45) is 0 Å². The Bertz CT molecular complexity index is 812. The Balaban J connectivity index is 1.39. The van der Waals surface area contributed by atoms with Gasteiger partial charge in [-0.3, -0.25) is 18.6 Å². The summed E-state index contributed by atoms with van der Waals surface area (Å²) in [7, 11) is -3.99. The molecule has 2 aliphatic heterocycles. The Kier molecular flexibility index (Phi) is 21.2. The Morgan fingerprint density at radius 3 is 1.39 bits per heavy atom. The van der Waals surface area contributed by atoms with Crippen molar-refractivity contribution in [3.05, 3.63) is 24.3 Å². The number of rotatable bonds is 20. The highest BCUT2D eigenvalue weighted by Gasteiger charge is 2.25. The first-order valence-electron chi connectivity index (χ1n) is 13.4. The summed E-state index contributed by atoms with van der Waals surface area (Å²) in [6, 6.07) is 0. The van der Waals surface area contributed by atoms with Crippen molar-refractivity contribution in [3.63, 3.8) is 0 Å². The quantitative estimate of drug-likeness (QED) is 0.0761. The zero-order valence-corrected chi connectivity index (χ0v) is 31.3. The van der Waals surface area contributed by atoms with Crippen molar-refractivity contribution in [2.75, 3.05) is 70.7 Å². The summed E-state index contributed by atoms with van der Waals surface area (Å²) in [5.74, 6) is 9.90. The molecule has 0 radical (unpaired) electrons. The highest BCUT2D eigenvalue weighted by atomic mass is 32.2. The molecule has 0 aromatic rings. The van der Waals surface area contributed by atoms with Gasteiger partial charge in [0.25, 0.3) is 0 Å². The van der Waals surface area contributed by atoms with E-state index in [1.54, 1.807) is 13.8 Å². The highest BCUT2D eigenvalue weighted by molar-refractivity contribution is 8.16. The number of hydrogen-bond donors (Lipinski definition) is 1. The summed E-state index contributed by atoms with van der Waals surface area (Å²) >= 11 is 14.3. The van der Waals surface area contributed by atoms with Gasteiger partial charge in [-0.2, -0.15) is 70.6 Å². The molecular formula is C26H43O6PS8. The molecule has 4 atom stereocenters. The molecule has 2 rings (SSSR count). The van der Waals surface area contributed by atoms with Gasteiger partial charge < -0.3 is 4.89 Å². The minimum atomic E-state index is -3.99. The van der Waals surface area contributed by atoms with Gasteiger partial charge in [-0.1, -0.05) is 36.7 Å². The molecule has 236 valence electrons. The lowest BCUT2D eigenvalue weighted by Crippen LogP contribution is -2.25. The maximum Gasteiger partial charge on any atom is 0.472 e. The summed E-state index contributed by atoms with van der Waals surface area (Å²) < 4.78 is 22.4. The number of phosphoric acid groups is 1. The van der Waals surface area contributed by atoms with Crippen LogP contribution in [0, 0.1) is 0 Å². The second-order valence-corrected chi connectivity index (χ2v) is 20.6. The molecule has 41 heavy (non-hydrogen) atoms. The van der Waals surface area contributed by atoms with Crippen LogP contribution in [0.2, 0.25) is 0 Å². The molecule has 2 fully saturated rings. The van der Waals surface area contributed by atoms with Crippen LogP contribution in [-0.2, 0) is 23.2 Å². The lowest BCUT2D eigenvalue weighted by molar-refractivity contribution is -0.108. The lowest BCUT2D eigenvalue weighted by Gasteiger charge is -2.27. The maximum absolute atomic E-state index is 12.1. The van der Waals surface area contributed by atoms with Crippen molar-refractivity contribution < 1.29 is 28.1 Å². The summed E-state index contributed by atoms with van der Waals surface area (Å²) in [5, 5.41) is 2.42. The van der Waals surface area contributed by atoms with Crippen LogP contribution in [-0.4, -0.2) is 107 Å². The molecule has 0 aromatic heterocycles. The number of thioether (sulfide) groups is 8. The van der Waals surface area contributed by atoms with Gasteiger partial charge in [-0.05, 0) is 49.3 Å². The molecule has 0 bridgehead atoms. The SMILES string of the molecule is C=C(C)C(=O)SCC1CSC(CSCCCOP(=O)(O)OCCCSCC2CSC(CSC(=O)C(=C)C)CS2)CS1. The van der Waals surface area contributed by atoms with E-state index < -0.39 is 7.82 Å². The van der Waals surface area contributed by atoms with Crippen LogP contribution in [0.3, 0.4) is 0 Å². The van der Waals surface area contributed by atoms with Crippen LogP contribution in [0.15, 0.2) is 24.3 Å². The molecule has 0 aliphatic carbocycles.